The molecular formula is C15H26O2. The summed E-state index contributed by atoms with van der Waals surface area (Å²) in [5.41, 5.74) is 0.528. The van der Waals surface area contributed by atoms with Gasteiger partial charge in [0.05, 0.1) is 0 Å². The molecule has 2 saturated carbocycles. The Labute approximate surface area is 105 Å². The third kappa shape index (κ3) is 1.90. The van der Waals surface area contributed by atoms with Gasteiger partial charge in [0.25, 0.3) is 0 Å². The summed E-state index contributed by atoms with van der Waals surface area (Å²) in [5, 5.41) is 0. The zero-order valence-electron chi connectivity index (χ0n) is 11.9. The third-order valence-corrected chi connectivity index (χ3v) is 5.56. The molecule has 0 aromatic rings. The molecule has 0 amide bonds. The monoisotopic (exact) mass is 238 g/mol. The van der Waals surface area contributed by atoms with Crippen LogP contribution in [-0.2, 0) is 9.53 Å². The smallest absolute Gasteiger partial charge is 0.306 e. The Balaban J connectivity index is 2.03. The van der Waals surface area contributed by atoms with Gasteiger partial charge in [-0.1, -0.05) is 34.6 Å². The van der Waals surface area contributed by atoms with Crippen molar-refractivity contribution in [3.05, 3.63) is 0 Å². The van der Waals surface area contributed by atoms with Gasteiger partial charge in [0.1, 0.15) is 6.10 Å². The molecule has 0 spiro atoms. The second-order valence-electron chi connectivity index (χ2n) is 7.19. The first-order valence-electron chi connectivity index (χ1n) is 6.97. The Morgan fingerprint density at radius 3 is 2.41 bits per heavy atom. The minimum atomic E-state index is -0.00502. The van der Waals surface area contributed by atoms with Crippen LogP contribution in [0.3, 0.4) is 0 Å². The highest BCUT2D eigenvalue weighted by atomic mass is 16.5. The van der Waals surface area contributed by atoms with Crippen molar-refractivity contribution >= 4 is 5.97 Å². The molecule has 1 unspecified atom stereocenters. The molecule has 0 saturated heterocycles. The van der Waals surface area contributed by atoms with Crippen LogP contribution in [0.4, 0.5) is 0 Å². The lowest BCUT2D eigenvalue weighted by Gasteiger charge is -2.38. The number of ether oxygens (including phenoxy) is 1. The fraction of sp³-hybridized carbons (Fsp3) is 0.933. The predicted octanol–water partition coefficient (Wildman–Crippen LogP) is 3.79. The maximum atomic E-state index is 11.8. The lowest BCUT2D eigenvalue weighted by Crippen LogP contribution is -2.38. The Kier molecular flexibility index (Phi) is 3.04. The van der Waals surface area contributed by atoms with Crippen LogP contribution in [0.1, 0.15) is 60.3 Å². The van der Waals surface area contributed by atoms with Crippen molar-refractivity contribution in [3.8, 4) is 0 Å². The maximum absolute atomic E-state index is 11.8. The number of hydrogen-bond donors (Lipinski definition) is 0. The van der Waals surface area contributed by atoms with Crippen LogP contribution < -0.4 is 0 Å². The molecule has 2 bridgehead atoms. The molecule has 0 radical (unpaired) electrons. The van der Waals surface area contributed by atoms with E-state index in [-0.39, 0.29) is 17.5 Å². The van der Waals surface area contributed by atoms with Crippen LogP contribution in [-0.4, -0.2) is 12.1 Å². The first-order valence-corrected chi connectivity index (χ1v) is 6.97. The van der Waals surface area contributed by atoms with E-state index in [1.54, 1.807) is 0 Å². The number of hydrogen-bond acceptors (Lipinski definition) is 2. The number of carbonyl (C=O) groups excluding carboxylic acids is 1. The second-order valence-corrected chi connectivity index (χ2v) is 7.19. The first kappa shape index (κ1) is 12.9. The average molecular weight is 238 g/mol. The molecule has 0 aromatic carbocycles. The van der Waals surface area contributed by atoms with Crippen LogP contribution in [0.5, 0.6) is 0 Å². The van der Waals surface area contributed by atoms with Crippen LogP contribution in [0.2, 0.25) is 0 Å². The normalized spacial score (nSPS) is 38.7. The summed E-state index contributed by atoms with van der Waals surface area (Å²) in [6, 6.07) is 0. The van der Waals surface area contributed by atoms with Gasteiger partial charge in [-0.25, -0.2) is 0 Å². The van der Waals surface area contributed by atoms with Crippen molar-refractivity contribution in [3.63, 3.8) is 0 Å². The van der Waals surface area contributed by atoms with E-state index in [9.17, 15) is 4.79 Å². The minimum Gasteiger partial charge on any atom is -0.462 e. The van der Waals surface area contributed by atoms with Crippen LogP contribution >= 0.6 is 0 Å². The van der Waals surface area contributed by atoms with E-state index in [1.807, 2.05) is 0 Å². The van der Waals surface area contributed by atoms with E-state index in [0.29, 0.717) is 17.8 Å². The molecule has 98 valence electrons. The Morgan fingerprint density at radius 2 is 2.00 bits per heavy atom. The lowest BCUT2D eigenvalue weighted by atomic mass is 9.70. The van der Waals surface area contributed by atoms with Gasteiger partial charge in [0.2, 0.25) is 0 Å². The standard InChI is InChI=1S/C15H26O2/c1-10(2)8-13(16)17-12-9-11-6-7-15(12,5)14(11,3)4/h10-12H,6-9H2,1-5H3/t11-,12?,15+/m0/s1. The van der Waals surface area contributed by atoms with Gasteiger partial charge in [-0.2, -0.15) is 0 Å². The van der Waals surface area contributed by atoms with Gasteiger partial charge in [-0.3, -0.25) is 4.79 Å². The molecule has 0 heterocycles. The minimum absolute atomic E-state index is 0.00502. The summed E-state index contributed by atoms with van der Waals surface area (Å²) >= 11 is 0. The zero-order chi connectivity index (χ0) is 12.8. The van der Waals surface area contributed by atoms with E-state index in [2.05, 4.69) is 34.6 Å². The first-order chi connectivity index (χ1) is 7.77. The van der Waals surface area contributed by atoms with Crippen molar-refractivity contribution in [1.29, 1.82) is 0 Å². The highest BCUT2D eigenvalue weighted by Gasteiger charge is 2.62. The second kappa shape index (κ2) is 4.00. The molecule has 2 rings (SSSR count). The molecule has 2 nitrogen and oxygen atoms in total. The summed E-state index contributed by atoms with van der Waals surface area (Å²) in [7, 11) is 0. The Morgan fingerprint density at radius 1 is 1.35 bits per heavy atom. The van der Waals surface area contributed by atoms with E-state index in [4.69, 9.17) is 4.74 Å². The van der Waals surface area contributed by atoms with Crippen molar-refractivity contribution in [2.75, 3.05) is 0 Å². The zero-order valence-corrected chi connectivity index (χ0v) is 11.9. The van der Waals surface area contributed by atoms with Gasteiger partial charge in [0.15, 0.2) is 0 Å². The van der Waals surface area contributed by atoms with Crippen LogP contribution in [0.15, 0.2) is 0 Å². The van der Waals surface area contributed by atoms with Crippen molar-refractivity contribution < 1.29 is 9.53 Å². The van der Waals surface area contributed by atoms with E-state index in [0.717, 1.165) is 12.3 Å². The topological polar surface area (TPSA) is 26.3 Å². The molecule has 2 heteroatoms. The summed E-state index contributed by atoms with van der Waals surface area (Å²) in [6.45, 7) is 11.1. The Hall–Kier alpha value is -0.530. The van der Waals surface area contributed by atoms with Crippen LogP contribution in [0.25, 0.3) is 0 Å². The molecule has 17 heavy (non-hydrogen) atoms. The lowest BCUT2D eigenvalue weighted by molar-refractivity contribution is -0.157. The van der Waals surface area contributed by atoms with Crippen molar-refractivity contribution in [2.24, 2.45) is 22.7 Å². The summed E-state index contributed by atoms with van der Waals surface area (Å²) < 4.78 is 5.76. The summed E-state index contributed by atoms with van der Waals surface area (Å²) in [6.07, 6.45) is 4.30. The highest BCUT2D eigenvalue weighted by Crippen LogP contribution is 2.66. The molecule has 0 aromatic heterocycles. The number of fused-ring (bicyclic) bond motifs is 2. The molecule has 2 aliphatic carbocycles. The molecule has 2 aliphatic rings. The fourth-order valence-electron chi connectivity index (χ4n) is 3.85. The predicted molar refractivity (Wildman–Crippen MR) is 68.6 cm³/mol. The molecule has 3 atom stereocenters. The van der Waals surface area contributed by atoms with Gasteiger partial charge in [-0.05, 0) is 36.5 Å². The Bertz CT molecular complexity index is 319. The quantitative estimate of drug-likeness (QED) is 0.699. The molecular weight excluding hydrogens is 212 g/mol. The molecule has 0 N–H and O–H groups in total. The van der Waals surface area contributed by atoms with E-state index in [1.165, 1.54) is 12.8 Å². The fourth-order valence-corrected chi connectivity index (χ4v) is 3.85. The maximum Gasteiger partial charge on any atom is 0.306 e. The van der Waals surface area contributed by atoms with Gasteiger partial charge < -0.3 is 4.74 Å². The van der Waals surface area contributed by atoms with E-state index < -0.39 is 0 Å². The highest BCUT2D eigenvalue weighted by molar-refractivity contribution is 5.70. The summed E-state index contributed by atoms with van der Waals surface area (Å²) in [4.78, 5) is 11.8. The van der Waals surface area contributed by atoms with E-state index >= 15 is 0 Å². The SMILES string of the molecule is CC(C)CC(=O)OC1C[C@@H]2CC[C@@]1(C)C2(C)C. The van der Waals surface area contributed by atoms with Crippen molar-refractivity contribution in [1.82, 2.24) is 0 Å². The number of esters is 1. The largest absolute Gasteiger partial charge is 0.462 e. The molecule has 2 fully saturated rings. The average Bonchev–Trinajstić information content (AvgIpc) is 2.49. The van der Waals surface area contributed by atoms with Crippen molar-refractivity contribution in [2.45, 2.75) is 66.4 Å². The summed E-state index contributed by atoms with van der Waals surface area (Å²) in [5.74, 6) is 1.13. The van der Waals surface area contributed by atoms with Gasteiger partial charge in [-0.15, -0.1) is 0 Å². The molecule has 0 aliphatic heterocycles. The number of rotatable bonds is 3. The van der Waals surface area contributed by atoms with Gasteiger partial charge >= 0.3 is 5.97 Å². The third-order valence-electron chi connectivity index (χ3n) is 5.56. The number of carbonyl (C=O) groups is 1. The van der Waals surface area contributed by atoms with Gasteiger partial charge in [0, 0.05) is 11.8 Å². The van der Waals surface area contributed by atoms with Crippen LogP contribution in [0, 0.1) is 22.7 Å².